The fourth-order valence-electron chi connectivity index (χ4n) is 3.86. The lowest BCUT2D eigenvalue weighted by Crippen LogP contribution is -2.21. The van der Waals surface area contributed by atoms with Gasteiger partial charge in [0, 0.05) is 29.2 Å². The first-order valence-electron chi connectivity index (χ1n) is 10.3. The first-order chi connectivity index (χ1) is 15.4. The fraction of sp³-hybridized carbons (Fsp3) is 0.167. The molecule has 9 heteroatoms. The van der Waals surface area contributed by atoms with E-state index in [1.807, 2.05) is 30.3 Å². The maximum atomic E-state index is 11.8. The summed E-state index contributed by atoms with van der Waals surface area (Å²) in [7, 11) is -7.09. The van der Waals surface area contributed by atoms with Crippen LogP contribution < -0.4 is 9.86 Å². The van der Waals surface area contributed by atoms with Crippen molar-refractivity contribution in [1.29, 1.82) is 0 Å². The molecule has 0 saturated heterocycles. The van der Waals surface area contributed by atoms with Gasteiger partial charge in [0.2, 0.25) is 0 Å². The smallest absolute Gasteiger partial charge is 0.296 e. The highest BCUT2D eigenvalue weighted by molar-refractivity contribution is 7.90. The van der Waals surface area contributed by atoms with Crippen molar-refractivity contribution in [2.45, 2.75) is 24.7 Å². The average molecular weight is 484 g/mol. The topological polar surface area (TPSA) is 111 Å². The normalized spacial score (nSPS) is 12.4. The molecule has 0 unspecified atom stereocenters. The lowest BCUT2D eigenvalue weighted by atomic mass is 9.99. The number of nitrogens with zero attached hydrogens (tertiary/aromatic N) is 1. The minimum atomic E-state index is -3.84. The molecular weight excluding hydrogens is 458 g/mol. The van der Waals surface area contributed by atoms with E-state index in [-0.39, 0.29) is 4.90 Å². The van der Waals surface area contributed by atoms with Crippen LogP contribution in [-0.4, -0.2) is 27.7 Å². The minimum absolute atomic E-state index is 0.283. The highest BCUT2D eigenvalue weighted by Gasteiger charge is 2.14. The van der Waals surface area contributed by atoms with E-state index in [1.54, 1.807) is 24.3 Å². The number of hydrogen-bond donors (Lipinski definition) is 2. The van der Waals surface area contributed by atoms with E-state index in [2.05, 4.69) is 41.5 Å². The van der Waals surface area contributed by atoms with E-state index in [9.17, 15) is 16.8 Å². The zero-order chi connectivity index (χ0) is 24.0. The molecule has 0 fully saturated rings. The molecule has 3 N–H and O–H groups in total. The summed E-state index contributed by atoms with van der Waals surface area (Å²) in [6.45, 7) is 4.27. The van der Waals surface area contributed by atoms with Gasteiger partial charge in [0.05, 0.1) is 10.4 Å². The fourth-order valence-corrected chi connectivity index (χ4v) is 4.95. The number of nitrogens with one attached hydrogen (secondary N) is 1. The van der Waals surface area contributed by atoms with Crippen molar-refractivity contribution in [3.05, 3.63) is 78.5 Å². The number of rotatable bonds is 6. The second kappa shape index (κ2) is 8.33. The first-order valence-corrected chi connectivity index (χ1v) is 13.7. The quantitative estimate of drug-likeness (QED) is 0.422. The molecule has 1 heterocycles. The molecule has 0 aliphatic heterocycles. The van der Waals surface area contributed by atoms with Crippen LogP contribution in [0.3, 0.4) is 0 Å². The van der Waals surface area contributed by atoms with Gasteiger partial charge in [-0.15, -0.1) is 0 Å². The van der Waals surface area contributed by atoms with Crippen LogP contribution in [0.5, 0.6) is 0 Å². The summed E-state index contributed by atoms with van der Waals surface area (Å²) >= 11 is 0. The average Bonchev–Trinajstić information content (AvgIpc) is 3.12. The Morgan fingerprint density at radius 1 is 0.848 bits per heavy atom. The zero-order valence-corrected chi connectivity index (χ0v) is 20.1. The number of aromatic nitrogens is 1. The minimum Gasteiger partial charge on any atom is -0.316 e. The van der Waals surface area contributed by atoms with Gasteiger partial charge in [0.15, 0.2) is 9.84 Å². The molecule has 0 spiro atoms. The van der Waals surface area contributed by atoms with Crippen LogP contribution in [0.1, 0.15) is 25.3 Å². The van der Waals surface area contributed by atoms with Crippen LogP contribution in [0.25, 0.3) is 27.7 Å². The lowest BCUT2D eigenvalue weighted by Gasteiger charge is -2.09. The van der Waals surface area contributed by atoms with Crippen molar-refractivity contribution in [1.82, 2.24) is 4.57 Å². The summed E-state index contributed by atoms with van der Waals surface area (Å²) in [5.74, 6) is 0.303. The number of benzene rings is 3. The summed E-state index contributed by atoms with van der Waals surface area (Å²) in [6.07, 6.45) is 3.28. The molecule has 0 radical (unpaired) electrons. The van der Waals surface area contributed by atoms with E-state index in [4.69, 9.17) is 5.14 Å². The van der Waals surface area contributed by atoms with Crippen LogP contribution in [0.4, 0.5) is 5.69 Å². The Bertz CT molecular complexity index is 1540. The largest absolute Gasteiger partial charge is 0.316 e. The van der Waals surface area contributed by atoms with E-state index >= 15 is 0 Å². The Hall–Kier alpha value is -3.14. The van der Waals surface area contributed by atoms with Crippen molar-refractivity contribution in [2.24, 2.45) is 5.14 Å². The summed E-state index contributed by atoms with van der Waals surface area (Å²) in [6, 6.07) is 20.0. The number of nitrogens with two attached hydrogens (primary N) is 1. The first kappa shape index (κ1) is 23.0. The van der Waals surface area contributed by atoms with Crippen LogP contribution in [0, 0.1) is 0 Å². The molecule has 3 aromatic carbocycles. The van der Waals surface area contributed by atoms with E-state index in [1.165, 1.54) is 11.8 Å². The number of fused-ring (bicyclic) bond motifs is 1. The van der Waals surface area contributed by atoms with Crippen molar-refractivity contribution in [2.75, 3.05) is 11.0 Å². The van der Waals surface area contributed by atoms with Crippen LogP contribution in [0.15, 0.2) is 77.8 Å². The van der Waals surface area contributed by atoms with Crippen LogP contribution in [-0.2, 0) is 20.0 Å². The lowest BCUT2D eigenvalue weighted by molar-refractivity contribution is 0.600. The third-order valence-corrected chi connectivity index (χ3v) is 7.13. The monoisotopic (exact) mass is 483 g/mol. The second-order valence-corrected chi connectivity index (χ2v) is 11.6. The van der Waals surface area contributed by atoms with Gasteiger partial charge in [-0.25, -0.2) is 13.6 Å². The Kier molecular flexibility index (Phi) is 5.81. The molecule has 0 saturated carbocycles. The Morgan fingerprint density at radius 3 is 2.00 bits per heavy atom. The summed E-state index contributed by atoms with van der Waals surface area (Å²) in [5.41, 5.74) is 5.32. The third-order valence-electron chi connectivity index (χ3n) is 5.48. The van der Waals surface area contributed by atoms with Crippen molar-refractivity contribution in [3.8, 4) is 16.8 Å². The molecule has 172 valence electrons. The molecule has 4 aromatic rings. The highest BCUT2D eigenvalue weighted by atomic mass is 32.2. The second-order valence-electron chi connectivity index (χ2n) is 8.33. The van der Waals surface area contributed by atoms with E-state index in [0.717, 1.165) is 27.7 Å². The number of anilines is 1. The van der Waals surface area contributed by atoms with Crippen LogP contribution >= 0.6 is 0 Å². The van der Waals surface area contributed by atoms with Gasteiger partial charge in [-0.1, -0.05) is 38.1 Å². The maximum absolute atomic E-state index is 11.8. The predicted molar refractivity (Wildman–Crippen MR) is 133 cm³/mol. The molecule has 0 aliphatic carbocycles. The van der Waals surface area contributed by atoms with Gasteiger partial charge >= 0.3 is 0 Å². The predicted octanol–water partition coefficient (Wildman–Crippen LogP) is 4.44. The summed E-state index contributed by atoms with van der Waals surface area (Å²) in [4.78, 5) is 0.283. The molecule has 0 atom stereocenters. The molecule has 0 bridgehead atoms. The summed E-state index contributed by atoms with van der Waals surface area (Å²) in [5, 5.41) is 6.17. The molecular formula is C24H25N3O4S2. The van der Waals surface area contributed by atoms with Gasteiger partial charge in [-0.2, -0.15) is 8.42 Å². The van der Waals surface area contributed by atoms with E-state index in [0.29, 0.717) is 11.6 Å². The van der Waals surface area contributed by atoms with Crippen molar-refractivity contribution >= 4 is 36.6 Å². The van der Waals surface area contributed by atoms with Crippen molar-refractivity contribution < 1.29 is 16.8 Å². The molecule has 0 amide bonds. The van der Waals surface area contributed by atoms with E-state index < -0.39 is 20.0 Å². The van der Waals surface area contributed by atoms with Gasteiger partial charge in [0.1, 0.15) is 0 Å². The van der Waals surface area contributed by atoms with Gasteiger partial charge < -0.3 is 4.57 Å². The van der Waals surface area contributed by atoms with Gasteiger partial charge in [-0.05, 0) is 65.1 Å². The Labute approximate surface area is 194 Å². The van der Waals surface area contributed by atoms with Crippen LogP contribution in [0.2, 0.25) is 0 Å². The molecule has 7 nitrogen and oxygen atoms in total. The number of hydrogen-bond acceptors (Lipinski definition) is 4. The van der Waals surface area contributed by atoms with Gasteiger partial charge in [-0.3, -0.25) is 4.72 Å². The highest BCUT2D eigenvalue weighted by Crippen LogP contribution is 2.33. The zero-order valence-electron chi connectivity index (χ0n) is 18.5. The maximum Gasteiger partial charge on any atom is 0.296 e. The third kappa shape index (κ3) is 4.95. The molecule has 4 rings (SSSR count). The molecule has 1 aromatic heterocycles. The van der Waals surface area contributed by atoms with Gasteiger partial charge in [0.25, 0.3) is 10.2 Å². The van der Waals surface area contributed by atoms with Crippen molar-refractivity contribution in [3.63, 3.8) is 0 Å². The molecule has 0 aliphatic rings. The Morgan fingerprint density at radius 2 is 1.45 bits per heavy atom. The Balaban J connectivity index is 1.81. The summed E-state index contributed by atoms with van der Waals surface area (Å²) < 4.78 is 50.5. The number of sulfone groups is 1. The SMILES string of the molecule is CC(C)c1cn(-c2ccc(NS(N)(=O)=O)cc2)c2cc(-c3ccc(S(C)(=O)=O)cc3)ccc12. The molecule has 33 heavy (non-hydrogen) atoms. The standard InChI is InChI=1S/C24H25N3O4S2/c1-16(2)23-15-27(20-9-7-19(8-10-20)26-33(25,30)31)24-14-18(6-13-22(23)24)17-4-11-21(12-5-17)32(3,28)29/h4-16,26H,1-3H3,(H2,25,30,31).